The molecule has 5 heteroatoms. The molecule has 0 bridgehead atoms. The molecule has 0 radical (unpaired) electrons. The van der Waals surface area contributed by atoms with Crippen molar-refractivity contribution in [1.29, 1.82) is 0 Å². The van der Waals surface area contributed by atoms with Gasteiger partial charge in [-0.3, -0.25) is 4.79 Å². The van der Waals surface area contributed by atoms with Crippen LogP contribution in [0.3, 0.4) is 0 Å². The molecule has 1 atom stereocenters. The Bertz CT molecular complexity index is 432. The number of carbonyl (C=O) groups excluding carboxylic acids is 1. The third-order valence-corrected chi connectivity index (χ3v) is 2.80. The monoisotopic (exact) mass is 236 g/mol. The van der Waals surface area contributed by atoms with Crippen molar-refractivity contribution in [1.82, 2.24) is 9.88 Å². The number of aromatic carboxylic acids is 1. The second-order valence-corrected chi connectivity index (χ2v) is 3.91. The molecular weight excluding hydrogens is 220 g/mol. The molecule has 0 aliphatic heterocycles. The molecule has 17 heavy (non-hydrogen) atoms. The maximum absolute atomic E-state index is 12.0. The number of nitrogens with zero attached hydrogens (tertiary/aromatic N) is 2. The Morgan fingerprint density at radius 3 is 2.71 bits per heavy atom. The third-order valence-electron chi connectivity index (χ3n) is 2.80. The molecule has 1 aromatic rings. The summed E-state index contributed by atoms with van der Waals surface area (Å²) in [5.74, 6) is -1.32. The lowest BCUT2D eigenvalue weighted by atomic mass is 10.1. The highest BCUT2D eigenvalue weighted by Gasteiger charge is 2.17. The molecule has 0 saturated heterocycles. The normalized spacial score (nSPS) is 11.9. The van der Waals surface area contributed by atoms with E-state index in [9.17, 15) is 9.59 Å². The lowest BCUT2D eigenvalue weighted by Gasteiger charge is -2.23. The van der Waals surface area contributed by atoms with E-state index < -0.39 is 5.97 Å². The first kappa shape index (κ1) is 13.2. The van der Waals surface area contributed by atoms with E-state index in [1.165, 1.54) is 18.3 Å². The second kappa shape index (κ2) is 5.43. The number of carboxylic acids is 1. The van der Waals surface area contributed by atoms with Crippen LogP contribution in [0.1, 0.15) is 41.1 Å². The van der Waals surface area contributed by atoms with Crippen LogP contribution in [0.15, 0.2) is 18.3 Å². The lowest BCUT2D eigenvalue weighted by Crippen LogP contribution is -2.34. The summed E-state index contributed by atoms with van der Waals surface area (Å²) in [7, 11) is 1.71. The fraction of sp³-hybridized carbons (Fsp3) is 0.417. The summed E-state index contributed by atoms with van der Waals surface area (Å²) in [6.45, 7) is 3.93. The minimum absolute atomic E-state index is 0.115. The minimum atomic E-state index is -1.13. The molecule has 5 nitrogen and oxygen atoms in total. The van der Waals surface area contributed by atoms with E-state index in [0.29, 0.717) is 5.56 Å². The van der Waals surface area contributed by atoms with Gasteiger partial charge in [-0.1, -0.05) is 6.92 Å². The van der Waals surface area contributed by atoms with E-state index in [2.05, 4.69) is 4.98 Å². The lowest BCUT2D eigenvalue weighted by molar-refractivity contribution is 0.0690. The third kappa shape index (κ3) is 3.03. The van der Waals surface area contributed by atoms with Gasteiger partial charge in [-0.15, -0.1) is 0 Å². The summed E-state index contributed by atoms with van der Waals surface area (Å²) in [6.07, 6.45) is 2.18. The van der Waals surface area contributed by atoms with Crippen molar-refractivity contribution in [3.05, 3.63) is 29.6 Å². The van der Waals surface area contributed by atoms with Gasteiger partial charge >= 0.3 is 5.97 Å². The number of amides is 1. The van der Waals surface area contributed by atoms with Crippen LogP contribution >= 0.6 is 0 Å². The van der Waals surface area contributed by atoms with Gasteiger partial charge in [-0.2, -0.15) is 0 Å². The Balaban J connectivity index is 2.96. The Kier molecular flexibility index (Phi) is 4.20. The van der Waals surface area contributed by atoms with Crippen molar-refractivity contribution >= 4 is 11.9 Å². The number of carboxylic acid groups (broad SMARTS) is 1. The van der Waals surface area contributed by atoms with Crippen LogP contribution in [0, 0.1) is 0 Å². The summed E-state index contributed by atoms with van der Waals surface area (Å²) in [6, 6.07) is 2.93. The number of carbonyl (C=O) groups is 2. The fourth-order valence-electron chi connectivity index (χ4n) is 1.36. The number of pyridine rings is 1. The van der Waals surface area contributed by atoms with Crippen molar-refractivity contribution < 1.29 is 14.7 Å². The fourth-order valence-corrected chi connectivity index (χ4v) is 1.36. The SMILES string of the molecule is CCC(C)N(C)C(=O)c1ccnc(C(=O)O)c1. The van der Waals surface area contributed by atoms with Gasteiger partial charge in [0, 0.05) is 24.8 Å². The molecular formula is C12H16N2O3. The highest BCUT2D eigenvalue weighted by atomic mass is 16.4. The van der Waals surface area contributed by atoms with Crippen molar-refractivity contribution in [3.8, 4) is 0 Å². The Morgan fingerprint density at radius 1 is 1.53 bits per heavy atom. The molecule has 0 aromatic carbocycles. The van der Waals surface area contributed by atoms with E-state index >= 15 is 0 Å². The molecule has 1 aromatic heterocycles. The maximum atomic E-state index is 12.0. The van der Waals surface area contributed by atoms with Gasteiger partial charge in [0.2, 0.25) is 0 Å². The van der Waals surface area contributed by atoms with Gasteiger partial charge in [-0.25, -0.2) is 9.78 Å². The second-order valence-electron chi connectivity index (χ2n) is 3.91. The summed E-state index contributed by atoms with van der Waals surface area (Å²) >= 11 is 0. The first-order chi connectivity index (χ1) is 7.97. The summed E-state index contributed by atoms with van der Waals surface area (Å²) in [5, 5.41) is 8.80. The van der Waals surface area contributed by atoms with Gasteiger partial charge in [0.15, 0.2) is 0 Å². The van der Waals surface area contributed by atoms with E-state index in [1.807, 2.05) is 13.8 Å². The number of hydrogen-bond donors (Lipinski definition) is 1. The molecule has 0 spiro atoms. The van der Waals surface area contributed by atoms with Crippen LogP contribution in [0.4, 0.5) is 0 Å². The molecule has 1 unspecified atom stereocenters. The molecule has 0 aliphatic carbocycles. The van der Waals surface area contributed by atoms with Gasteiger partial charge in [0.25, 0.3) is 5.91 Å². The van der Waals surface area contributed by atoms with Crippen molar-refractivity contribution in [2.45, 2.75) is 26.3 Å². The van der Waals surface area contributed by atoms with Crippen LogP contribution < -0.4 is 0 Å². The van der Waals surface area contributed by atoms with Crippen LogP contribution in [-0.4, -0.2) is 40.0 Å². The number of hydrogen-bond acceptors (Lipinski definition) is 3. The van der Waals surface area contributed by atoms with Gasteiger partial charge < -0.3 is 10.0 Å². The predicted octanol–water partition coefficient (Wildman–Crippen LogP) is 1.65. The van der Waals surface area contributed by atoms with E-state index in [1.54, 1.807) is 11.9 Å². The highest BCUT2D eigenvalue weighted by molar-refractivity contribution is 5.96. The van der Waals surface area contributed by atoms with Crippen LogP contribution in [0.5, 0.6) is 0 Å². The van der Waals surface area contributed by atoms with E-state index in [0.717, 1.165) is 6.42 Å². The summed E-state index contributed by atoms with van der Waals surface area (Å²) in [5.41, 5.74) is 0.230. The summed E-state index contributed by atoms with van der Waals surface area (Å²) < 4.78 is 0. The van der Waals surface area contributed by atoms with Gasteiger partial charge in [0.1, 0.15) is 5.69 Å². The number of rotatable bonds is 4. The Labute approximate surface area is 100 Å². The van der Waals surface area contributed by atoms with Crippen LogP contribution in [-0.2, 0) is 0 Å². The average molecular weight is 236 g/mol. The molecule has 0 fully saturated rings. The van der Waals surface area contributed by atoms with Crippen molar-refractivity contribution in [3.63, 3.8) is 0 Å². The predicted molar refractivity (Wildman–Crippen MR) is 63.0 cm³/mol. The standard InChI is InChI=1S/C12H16N2O3/c1-4-8(2)14(3)11(15)9-5-6-13-10(7-9)12(16)17/h5-8H,4H2,1-3H3,(H,16,17). The average Bonchev–Trinajstić information content (AvgIpc) is 2.36. The number of aromatic nitrogens is 1. The largest absolute Gasteiger partial charge is 0.477 e. The zero-order valence-corrected chi connectivity index (χ0v) is 10.2. The summed E-state index contributed by atoms with van der Waals surface area (Å²) in [4.78, 5) is 28.0. The van der Waals surface area contributed by atoms with E-state index in [-0.39, 0.29) is 17.6 Å². The minimum Gasteiger partial charge on any atom is -0.477 e. The van der Waals surface area contributed by atoms with Crippen LogP contribution in [0.2, 0.25) is 0 Å². The Hall–Kier alpha value is -1.91. The smallest absolute Gasteiger partial charge is 0.354 e. The first-order valence-electron chi connectivity index (χ1n) is 5.43. The van der Waals surface area contributed by atoms with E-state index in [4.69, 9.17) is 5.11 Å². The maximum Gasteiger partial charge on any atom is 0.354 e. The zero-order chi connectivity index (χ0) is 13.0. The quantitative estimate of drug-likeness (QED) is 0.862. The van der Waals surface area contributed by atoms with Crippen molar-refractivity contribution in [2.24, 2.45) is 0 Å². The molecule has 1 rings (SSSR count). The highest BCUT2D eigenvalue weighted by Crippen LogP contribution is 2.09. The molecule has 0 aliphatic rings. The molecule has 92 valence electrons. The first-order valence-corrected chi connectivity index (χ1v) is 5.43. The molecule has 1 N–H and O–H groups in total. The van der Waals surface area contributed by atoms with Gasteiger partial charge in [0.05, 0.1) is 0 Å². The topological polar surface area (TPSA) is 70.5 Å². The Morgan fingerprint density at radius 2 is 2.18 bits per heavy atom. The zero-order valence-electron chi connectivity index (χ0n) is 10.2. The molecule has 1 amide bonds. The molecule has 0 saturated carbocycles. The van der Waals surface area contributed by atoms with Crippen molar-refractivity contribution in [2.75, 3.05) is 7.05 Å². The van der Waals surface area contributed by atoms with Gasteiger partial charge in [-0.05, 0) is 25.5 Å². The van der Waals surface area contributed by atoms with Crippen LogP contribution in [0.25, 0.3) is 0 Å². The molecule has 1 heterocycles.